The van der Waals surface area contributed by atoms with Crippen molar-refractivity contribution in [2.45, 2.75) is 38.3 Å². The molecule has 1 aromatic carbocycles. The summed E-state index contributed by atoms with van der Waals surface area (Å²) in [6, 6.07) is 9.12. The third kappa shape index (κ3) is 8.65. The van der Waals surface area contributed by atoms with Gasteiger partial charge in [-0.3, -0.25) is 4.79 Å². The number of rotatable bonds is 9. The number of hydrogen-bond acceptors (Lipinski definition) is 4. The van der Waals surface area contributed by atoms with Gasteiger partial charge in [-0.05, 0) is 18.4 Å². The van der Waals surface area contributed by atoms with E-state index in [4.69, 9.17) is 15.6 Å². The third-order valence-electron chi connectivity index (χ3n) is 2.92. The molecular formula is C15H22N2O4. The number of unbranched alkanes of at least 4 members (excludes halogenated alkanes) is 1. The Morgan fingerprint density at radius 2 is 1.95 bits per heavy atom. The number of hydrogen-bond donors (Lipinski definition) is 3. The summed E-state index contributed by atoms with van der Waals surface area (Å²) in [5.74, 6) is -0.884. The highest BCUT2D eigenvalue weighted by molar-refractivity contribution is 5.67. The zero-order chi connectivity index (χ0) is 15.5. The minimum atomic E-state index is -0.884. The number of nitrogens with two attached hydrogens (primary N) is 1. The van der Waals surface area contributed by atoms with Gasteiger partial charge in [-0.15, -0.1) is 0 Å². The lowest BCUT2D eigenvalue weighted by molar-refractivity contribution is -0.137. The number of carboxylic acid groups (broad SMARTS) is 1. The van der Waals surface area contributed by atoms with Gasteiger partial charge in [0.15, 0.2) is 0 Å². The highest BCUT2D eigenvalue weighted by Gasteiger charge is 2.07. The molecule has 0 radical (unpaired) electrons. The van der Waals surface area contributed by atoms with Gasteiger partial charge in [0.1, 0.15) is 6.61 Å². The predicted octanol–water partition coefficient (Wildman–Crippen LogP) is 1.89. The summed E-state index contributed by atoms with van der Waals surface area (Å²) in [5.41, 5.74) is 6.57. The van der Waals surface area contributed by atoms with E-state index in [-0.39, 0.29) is 19.1 Å². The molecule has 0 unspecified atom stereocenters. The molecule has 0 aliphatic rings. The molecule has 0 bridgehead atoms. The van der Waals surface area contributed by atoms with Gasteiger partial charge >= 0.3 is 12.1 Å². The monoisotopic (exact) mass is 294 g/mol. The lowest BCUT2D eigenvalue weighted by Gasteiger charge is -2.09. The van der Waals surface area contributed by atoms with Crippen molar-refractivity contribution in [1.29, 1.82) is 0 Å². The van der Waals surface area contributed by atoms with E-state index in [1.165, 1.54) is 0 Å². The summed E-state index contributed by atoms with van der Waals surface area (Å²) in [4.78, 5) is 21.8. The van der Waals surface area contributed by atoms with E-state index in [1.54, 1.807) is 0 Å². The van der Waals surface area contributed by atoms with Crippen molar-refractivity contribution < 1.29 is 19.4 Å². The second-order valence-electron chi connectivity index (χ2n) is 4.84. The third-order valence-corrected chi connectivity index (χ3v) is 2.92. The Bertz CT molecular complexity index is 437. The number of alkyl carbamates (subject to hydrolysis) is 1. The van der Waals surface area contributed by atoms with E-state index in [1.807, 2.05) is 30.3 Å². The summed E-state index contributed by atoms with van der Waals surface area (Å²) in [5, 5.41) is 11.2. The second-order valence-corrected chi connectivity index (χ2v) is 4.84. The molecule has 4 N–H and O–H groups in total. The van der Waals surface area contributed by atoms with Crippen LogP contribution in [0.2, 0.25) is 0 Å². The van der Waals surface area contributed by atoms with Crippen LogP contribution in [0, 0.1) is 0 Å². The number of carbonyl (C=O) groups excluding carboxylic acids is 1. The lowest BCUT2D eigenvalue weighted by atomic mass is 10.1. The maximum atomic E-state index is 11.4. The van der Waals surface area contributed by atoms with Crippen molar-refractivity contribution in [3.05, 3.63) is 35.9 Å². The average Bonchev–Trinajstić information content (AvgIpc) is 2.45. The minimum Gasteiger partial charge on any atom is -0.481 e. The molecule has 0 saturated carbocycles. The van der Waals surface area contributed by atoms with Crippen molar-refractivity contribution in [3.8, 4) is 0 Å². The molecule has 21 heavy (non-hydrogen) atoms. The Morgan fingerprint density at radius 3 is 2.62 bits per heavy atom. The SMILES string of the molecule is N[C@@H](CCCCNC(=O)OCc1ccccc1)CC(=O)O. The Kier molecular flexibility index (Phi) is 7.89. The fraction of sp³-hybridized carbons (Fsp3) is 0.467. The van der Waals surface area contributed by atoms with Gasteiger partial charge in [-0.25, -0.2) is 4.79 Å². The van der Waals surface area contributed by atoms with Crippen LogP contribution in [0.3, 0.4) is 0 Å². The molecule has 1 aromatic rings. The normalized spacial score (nSPS) is 11.7. The van der Waals surface area contributed by atoms with Crippen LogP contribution in [0.5, 0.6) is 0 Å². The van der Waals surface area contributed by atoms with Crippen LogP contribution in [-0.2, 0) is 16.1 Å². The summed E-state index contributed by atoms with van der Waals surface area (Å²) in [7, 11) is 0. The molecule has 0 saturated heterocycles. The molecule has 6 heteroatoms. The summed E-state index contributed by atoms with van der Waals surface area (Å²) in [6.07, 6.45) is 1.68. The first kappa shape index (κ1) is 17.0. The maximum absolute atomic E-state index is 11.4. The highest BCUT2D eigenvalue weighted by atomic mass is 16.5. The number of carbonyl (C=O) groups is 2. The molecule has 0 aliphatic carbocycles. The van der Waals surface area contributed by atoms with Crippen molar-refractivity contribution in [1.82, 2.24) is 5.32 Å². The average molecular weight is 294 g/mol. The van der Waals surface area contributed by atoms with Crippen LogP contribution in [-0.4, -0.2) is 29.8 Å². The maximum Gasteiger partial charge on any atom is 0.407 e. The first-order valence-electron chi connectivity index (χ1n) is 7.00. The van der Waals surface area contributed by atoms with Crippen LogP contribution >= 0.6 is 0 Å². The Hall–Kier alpha value is -2.08. The van der Waals surface area contributed by atoms with Gasteiger partial charge in [0.05, 0.1) is 6.42 Å². The van der Waals surface area contributed by atoms with E-state index >= 15 is 0 Å². The Morgan fingerprint density at radius 1 is 1.24 bits per heavy atom. The number of aliphatic carboxylic acids is 1. The van der Waals surface area contributed by atoms with Gasteiger partial charge < -0.3 is 20.9 Å². The number of ether oxygens (including phenoxy) is 1. The molecule has 0 fully saturated rings. The molecule has 0 aliphatic heterocycles. The van der Waals surface area contributed by atoms with E-state index in [9.17, 15) is 9.59 Å². The minimum absolute atomic E-state index is 0.0213. The van der Waals surface area contributed by atoms with E-state index in [2.05, 4.69) is 5.32 Å². The molecular weight excluding hydrogens is 272 g/mol. The summed E-state index contributed by atoms with van der Waals surface area (Å²) < 4.78 is 5.06. The van der Waals surface area contributed by atoms with Gasteiger partial charge in [-0.1, -0.05) is 36.8 Å². The fourth-order valence-corrected chi connectivity index (χ4v) is 1.82. The number of amides is 1. The number of benzene rings is 1. The van der Waals surface area contributed by atoms with Crippen LogP contribution in [0.15, 0.2) is 30.3 Å². The largest absolute Gasteiger partial charge is 0.481 e. The van der Waals surface area contributed by atoms with Crippen molar-refractivity contribution in [3.63, 3.8) is 0 Å². The first-order valence-corrected chi connectivity index (χ1v) is 7.00. The Balaban J connectivity index is 2.02. The van der Waals surface area contributed by atoms with Gasteiger partial charge in [0, 0.05) is 12.6 Å². The number of nitrogens with one attached hydrogen (secondary N) is 1. The smallest absolute Gasteiger partial charge is 0.407 e. The topological polar surface area (TPSA) is 102 Å². The molecule has 0 aromatic heterocycles. The molecule has 6 nitrogen and oxygen atoms in total. The van der Waals surface area contributed by atoms with Gasteiger partial charge in [-0.2, -0.15) is 0 Å². The first-order chi connectivity index (χ1) is 10.1. The van der Waals surface area contributed by atoms with E-state index < -0.39 is 12.1 Å². The van der Waals surface area contributed by atoms with Crippen LogP contribution < -0.4 is 11.1 Å². The van der Waals surface area contributed by atoms with Crippen molar-refractivity contribution >= 4 is 12.1 Å². The standard InChI is InChI=1S/C15H22N2O4/c16-13(10-14(18)19)8-4-5-9-17-15(20)21-11-12-6-2-1-3-7-12/h1-3,6-7,13H,4-5,8-11,16H2,(H,17,20)(H,18,19)/t13-/m0/s1. The fourth-order valence-electron chi connectivity index (χ4n) is 1.82. The van der Waals surface area contributed by atoms with Gasteiger partial charge in [0.25, 0.3) is 0 Å². The molecule has 0 spiro atoms. The highest BCUT2D eigenvalue weighted by Crippen LogP contribution is 2.03. The second kappa shape index (κ2) is 9.77. The van der Waals surface area contributed by atoms with Gasteiger partial charge in [0.2, 0.25) is 0 Å². The number of carboxylic acids is 1. The summed E-state index contributed by atoms with van der Waals surface area (Å²) in [6.45, 7) is 0.740. The van der Waals surface area contributed by atoms with E-state index in [0.717, 1.165) is 18.4 Å². The van der Waals surface area contributed by atoms with Crippen LogP contribution in [0.4, 0.5) is 4.79 Å². The molecule has 1 rings (SSSR count). The predicted molar refractivity (Wildman–Crippen MR) is 78.7 cm³/mol. The molecule has 1 amide bonds. The van der Waals surface area contributed by atoms with Crippen molar-refractivity contribution in [2.24, 2.45) is 5.73 Å². The summed E-state index contributed by atoms with van der Waals surface area (Å²) >= 11 is 0. The van der Waals surface area contributed by atoms with Crippen LogP contribution in [0.1, 0.15) is 31.2 Å². The molecule has 116 valence electrons. The van der Waals surface area contributed by atoms with E-state index in [0.29, 0.717) is 13.0 Å². The zero-order valence-corrected chi connectivity index (χ0v) is 12.0. The Labute approximate surface area is 124 Å². The zero-order valence-electron chi connectivity index (χ0n) is 12.0. The molecule has 0 heterocycles. The van der Waals surface area contributed by atoms with Crippen LogP contribution in [0.25, 0.3) is 0 Å². The quantitative estimate of drug-likeness (QED) is 0.604. The lowest BCUT2D eigenvalue weighted by Crippen LogP contribution is -2.26. The van der Waals surface area contributed by atoms with Crippen molar-refractivity contribution in [2.75, 3.05) is 6.54 Å². The molecule has 1 atom stereocenters.